The van der Waals surface area contributed by atoms with Crippen LogP contribution in [-0.4, -0.2) is 55.1 Å². The van der Waals surface area contributed by atoms with Crippen molar-refractivity contribution in [3.63, 3.8) is 0 Å². The number of nitrogens with zero attached hydrogens (tertiary/aromatic N) is 2. The first-order valence-corrected chi connectivity index (χ1v) is 9.27. The monoisotopic (exact) mass is 385 g/mol. The van der Waals surface area contributed by atoms with Gasteiger partial charge in [0.25, 0.3) is 0 Å². The molecular weight excluding hydrogens is 361 g/mol. The molecule has 2 aromatic rings. The van der Waals surface area contributed by atoms with E-state index in [0.717, 1.165) is 13.0 Å². The van der Waals surface area contributed by atoms with Gasteiger partial charge in [0.05, 0.1) is 18.4 Å². The van der Waals surface area contributed by atoms with Crippen LogP contribution >= 0.6 is 0 Å². The molecule has 0 radical (unpaired) electrons. The number of amides is 2. The van der Waals surface area contributed by atoms with Crippen molar-refractivity contribution in [2.24, 2.45) is 0 Å². The number of carbonyl (C=O) groups excluding carboxylic acids is 2. The van der Waals surface area contributed by atoms with Gasteiger partial charge in [-0.3, -0.25) is 4.90 Å². The molecule has 2 amide bonds. The molecule has 0 spiro atoms. The molecule has 0 atom stereocenters. The number of esters is 1. The molecule has 0 saturated carbocycles. The molecule has 0 aromatic heterocycles. The molecule has 1 saturated heterocycles. The first kappa shape index (κ1) is 19.8. The van der Waals surface area contributed by atoms with Crippen LogP contribution in [0.4, 0.5) is 14.9 Å². The summed E-state index contributed by atoms with van der Waals surface area (Å²) in [6, 6.07) is 13.2. The van der Waals surface area contributed by atoms with Gasteiger partial charge in [0.1, 0.15) is 5.82 Å². The summed E-state index contributed by atoms with van der Waals surface area (Å²) in [7, 11) is 1.31. The second-order valence-corrected chi connectivity index (χ2v) is 6.68. The molecule has 0 aliphatic carbocycles. The van der Waals surface area contributed by atoms with Gasteiger partial charge in [0, 0.05) is 38.3 Å². The number of carbonyl (C=O) groups is 2. The number of halogens is 1. The van der Waals surface area contributed by atoms with Crippen molar-refractivity contribution in [1.29, 1.82) is 0 Å². The van der Waals surface area contributed by atoms with Crippen LogP contribution in [0.25, 0.3) is 0 Å². The van der Waals surface area contributed by atoms with Gasteiger partial charge in [0.15, 0.2) is 0 Å². The Kier molecular flexibility index (Phi) is 6.60. The van der Waals surface area contributed by atoms with Gasteiger partial charge in [-0.25, -0.2) is 14.0 Å². The summed E-state index contributed by atoms with van der Waals surface area (Å²) in [6.07, 6.45) is 0.792. The van der Waals surface area contributed by atoms with E-state index in [-0.39, 0.29) is 11.8 Å². The lowest BCUT2D eigenvalue weighted by Gasteiger charge is -2.23. The second-order valence-electron chi connectivity index (χ2n) is 6.68. The first-order valence-electron chi connectivity index (χ1n) is 9.27. The maximum Gasteiger partial charge on any atom is 0.339 e. The normalized spacial score (nSPS) is 15.0. The van der Waals surface area contributed by atoms with Crippen molar-refractivity contribution >= 4 is 17.7 Å². The van der Waals surface area contributed by atoms with Crippen LogP contribution in [0.3, 0.4) is 0 Å². The molecule has 1 fully saturated rings. The summed E-state index contributed by atoms with van der Waals surface area (Å²) in [5.74, 6) is -0.705. The minimum absolute atomic E-state index is 0.208. The Hall–Kier alpha value is -2.93. The van der Waals surface area contributed by atoms with Gasteiger partial charge in [-0.2, -0.15) is 0 Å². The number of benzene rings is 2. The van der Waals surface area contributed by atoms with Crippen LogP contribution in [0.5, 0.6) is 0 Å². The molecule has 1 heterocycles. The number of hydrogen-bond donors (Lipinski definition) is 1. The second kappa shape index (κ2) is 9.32. The molecule has 3 rings (SSSR count). The fourth-order valence-corrected chi connectivity index (χ4v) is 3.27. The average molecular weight is 385 g/mol. The summed E-state index contributed by atoms with van der Waals surface area (Å²) in [5, 5.41) is 2.80. The van der Waals surface area contributed by atoms with Crippen molar-refractivity contribution in [2.75, 3.05) is 38.6 Å². The van der Waals surface area contributed by atoms with E-state index >= 15 is 0 Å². The molecule has 28 heavy (non-hydrogen) atoms. The molecule has 1 N–H and O–H groups in total. The van der Waals surface area contributed by atoms with Crippen LogP contribution < -0.4 is 5.32 Å². The lowest BCUT2D eigenvalue weighted by molar-refractivity contribution is 0.0602. The highest BCUT2D eigenvalue weighted by atomic mass is 19.1. The Morgan fingerprint density at radius 2 is 1.79 bits per heavy atom. The summed E-state index contributed by atoms with van der Waals surface area (Å²) in [5.41, 5.74) is 1.40. The molecule has 0 bridgehead atoms. The van der Waals surface area contributed by atoms with E-state index in [4.69, 9.17) is 4.74 Å². The third kappa shape index (κ3) is 4.86. The molecule has 1 aliphatic heterocycles. The third-order valence-electron chi connectivity index (χ3n) is 4.80. The number of hydrogen-bond acceptors (Lipinski definition) is 4. The van der Waals surface area contributed by atoms with E-state index in [1.165, 1.54) is 13.2 Å². The van der Waals surface area contributed by atoms with E-state index in [1.807, 2.05) is 6.07 Å². The standard InChI is InChI=1S/C21H24FN3O3/c1-28-20(26)17-8-3-5-10-19(17)23-21(27)25-12-6-11-24(13-14-25)15-16-7-2-4-9-18(16)22/h2-5,7-10H,6,11-15H2,1H3,(H,23,27). The lowest BCUT2D eigenvalue weighted by Crippen LogP contribution is -2.38. The number of para-hydroxylation sites is 1. The maximum atomic E-state index is 13.9. The first-order chi connectivity index (χ1) is 13.6. The van der Waals surface area contributed by atoms with Gasteiger partial charge in [-0.1, -0.05) is 30.3 Å². The summed E-state index contributed by atoms with van der Waals surface area (Å²) < 4.78 is 18.6. The van der Waals surface area contributed by atoms with Crippen molar-refractivity contribution in [3.05, 3.63) is 65.5 Å². The molecule has 7 heteroatoms. The molecule has 0 unspecified atom stereocenters. The van der Waals surface area contributed by atoms with Crippen molar-refractivity contribution in [2.45, 2.75) is 13.0 Å². The molecule has 2 aromatic carbocycles. The minimum atomic E-state index is -0.497. The summed E-state index contributed by atoms with van der Waals surface area (Å²) in [6.45, 7) is 3.09. The van der Waals surface area contributed by atoms with Crippen molar-refractivity contribution in [1.82, 2.24) is 9.80 Å². The molecule has 148 valence electrons. The minimum Gasteiger partial charge on any atom is -0.465 e. The third-order valence-corrected chi connectivity index (χ3v) is 4.80. The van der Waals surface area contributed by atoms with Crippen molar-refractivity contribution < 1.29 is 18.7 Å². The fraction of sp³-hybridized carbons (Fsp3) is 0.333. The highest BCUT2D eigenvalue weighted by molar-refractivity contribution is 6.00. The number of ether oxygens (including phenoxy) is 1. The molecule has 6 nitrogen and oxygen atoms in total. The number of nitrogens with one attached hydrogen (secondary N) is 1. The van der Waals surface area contributed by atoms with Crippen LogP contribution in [0.15, 0.2) is 48.5 Å². The Labute approximate surface area is 163 Å². The van der Waals surface area contributed by atoms with Crippen LogP contribution in [0, 0.1) is 5.82 Å². The topological polar surface area (TPSA) is 61.9 Å². The van der Waals surface area contributed by atoms with E-state index in [9.17, 15) is 14.0 Å². The number of rotatable bonds is 4. The van der Waals surface area contributed by atoms with Crippen LogP contribution in [0.1, 0.15) is 22.3 Å². The predicted molar refractivity (Wildman–Crippen MR) is 105 cm³/mol. The zero-order chi connectivity index (χ0) is 19.9. The van der Waals surface area contributed by atoms with Gasteiger partial charge in [0.2, 0.25) is 0 Å². The smallest absolute Gasteiger partial charge is 0.339 e. The number of urea groups is 1. The fourth-order valence-electron chi connectivity index (χ4n) is 3.27. The van der Waals surface area contributed by atoms with Gasteiger partial charge >= 0.3 is 12.0 Å². The highest BCUT2D eigenvalue weighted by Gasteiger charge is 2.21. The average Bonchev–Trinajstić information content (AvgIpc) is 2.95. The van der Waals surface area contributed by atoms with Gasteiger partial charge in [-0.15, -0.1) is 0 Å². The van der Waals surface area contributed by atoms with E-state index < -0.39 is 5.97 Å². The quantitative estimate of drug-likeness (QED) is 0.820. The number of methoxy groups -OCH3 is 1. The zero-order valence-electron chi connectivity index (χ0n) is 15.9. The SMILES string of the molecule is COC(=O)c1ccccc1NC(=O)N1CCCN(Cc2ccccc2F)CC1. The lowest BCUT2D eigenvalue weighted by atomic mass is 10.2. The number of anilines is 1. The zero-order valence-corrected chi connectivity index (χ0v) is 15.9. The van der Waals surface area contributed by atoms with E-state index in [0.29, 0.717) is 43.0 Å². The van der Waals surface area contributed by atoms with Gasteiger partial charge < -0.3 is 15.0 Å². The maximum absolute atomic E-state index is 13.9. The summed E-state index contributed by atoms with van der Waals surface area (Å²) in [4.78, 5) is 28.4. The molecular formula is C21H24FN3O3. The van der Waals surface area contributed by atoms with Crippen LogP contribution in [-0.2, 0) is 11.3 Å². The Morgan fingerprint density at radius 3 is 2.57 bits per heavy atom. The highest BCUT2D eigenvalue weighted by Crippen LogP contribution is 2.18. The van der Waals surface area contributed by atoms with E-state index in [1.54, 1.807) is 41.3 Å². The molecule has 1 aliphatic rings. The van der Waals surface area contributed by atoms with Crippen molar-refractivity contribution in [3.8, 4) is 0 Å². The van der Waals surface area contributed by atoms with E-state index in [2.05, 4.69) is 10.2 Å². The Bertz CT molecular complexity index is 843. The Balaban J connectivity index is 1.61. The predicted octanol–water partition coefficient (Wildman–Crippen LogP) is 3.35. The largest absolute Gasteiger partial charge is 0.465 e. The van der Waals surface area contributed by atoms with Crippen LogP contribution in [0.2, 0.25) is 0 Å². The summed E-state index contributed by atoms with van der Waals surface area (Å²) >= 11 is 0. The Morgan fingerprint density at radius 1 is 1.04 bits per heavy atom. The van der Waals surface area contributed by atoms with Gasteiger partial charge in [-0.05, 0) is 24.6 Å².